The smallest absolute Gasteiger partial charge is 0.257 e. The van der Waals surface area contributed by atoms with Crippen LogP contribution in [0.1, 0.15) is 27.2 Å². The summed E-state index contributed by atoms with van der Waals surface area (Å²) in [5.74, 6) is -0.129. The maximum Gasteiger partial charge on any atom is 0.257 e. The molecule has 1 N–H and O–H groups in total. The summed E-state index contributed by atoms with van der Waals surface area (Å²) in [6, 6.07) is 9.48. The quantitative estimate of drug-likeness (QED) is 0.875. The second-order valence-electron chi connectivity index (χ2n) is 4.39. The van der Waals surface area contributed by atoms with Gasteiger partial charge in [0.15, 0.2) is 0 Å². The molecular formula is C15H16N2O. The highest BCUT2D eigenvalue weighted by Gasteiger charge is 2.08. The third-order valence-corrected chi connectivity index (χ3v) is 3.03. The molecule has 1 amide bonds. The van der Waals surface area contributed by atoms with Gasteiger partial charge in [-0.2, -0.15) is 0 Å². The number of amides is 1. The van der Waals surface area contributed by atoms with Crippen molar-refractivity contribution in [3.8, 4) is 0 Å². The SMILES string of the molecule is Cc1ccc(C(=O)Nc2cccc(C)c2C)cn1. The van der Waals surface area contributed by atoms with Crippen LogP contribution in [0, 0.1) is 20.8 Å². The molecule has 1 aromatic carbocycles. The van der Waals surface area contributed by atoms with E-state index in [9.17, 15) is 4.79 Å². The Morgan fingerprint density at radius 1 is 1.11 bits per heavy atom. The molecule has 0 unspecified atom stereocenters. The molecule has 3 nitrogen and oxygen atoms in total. The molecule has 0 fully saturated rings. The van der Waals surface area contributed by atoms with Crippen LogP contribution >= 0.6 is 0 Å². The van der Waals surface area contributed by atoms with Crippen LogP contribution in [0.2, 0.25) is 0 Å². The summed E-state index contributed by atoms with van der Waals surface area (Å²) in [4.78, 5) is 16.2. The molecule has 92 valence electrons. The van der Waals surface area contributed by atoms with Crippen molar-refractivity contribution in [3.05, 3.63) is 58.9 Å². The molecule has 0 atom stereocenters. The predicted octanol–water partition coefficient (Wildman–Crippen LogP) is 3.26. The lowest BCUT2D eigenvalue weighted by Gasteiger charge is -2.10. The minimum absolute atomic E-state index is 0.129. The Bertz CT molecular complexity index is 574. The van der Waals surface area contributed by atoms with Gasteiger partial charge in [-0.1, -0.05) is 12.1 Å². The number of aryl methyl sites for hydroxylation is 2. The van der Waals surface area contributed by atoms with Crippen LogP contribution < -0.4 is 5.32 Å². The van der Waals surface area contributed by atoms with E-state index >= 15 is 0 Å². The van der Waals surface area contributed by atoms with Gasteiger partial charge in [-0.25, -0.2) is 0 Å². The van der Waals surface area contributed by atoms with Gasteiger partial charge in [-0.05, 0) is 50.1 Å². The van der Waals surface area contributed by atoms with Gasteiger partial charge in [-0.3, -0.25) is 9.78 Å². The fraction of sp³-hybridized carbons (Fsp3) is 0.200. The number of nitrogens with zero attached hydrogens (tertiary/aromatic N) is 1. The standard InChI is InChI=1S/C15H16N2O/c1-10-5-4-6-14(12(10)3)17-15(18)13-8-7-11(2)16-9-13/h4-9H,1-3H3,(H,17,18). The number of rotatable bonds is 2. The fourth-order valence-electron chi connectivity index (χ4n) is 1.68. The van der Waals surface area contributed by atoms with Crippen molar-refractivity contribution in [2.45, 2.75) is 20.8 Å². The third kappa shape index (κ3) is 2.56. The molecule has 18 heavy (non-hydrogen) atoms. The first-order valence-corrected chi connectivity index (χ1v) is 5.88. The number of pyridine rings is 1. The number of carbonyl (C=O) groups is 1. The molecule has 2 rings (SSSR count). The lowest BCUT2D eigenvalue weighted by atomic mass is 10.1. The first-order valence-electron chi connectivity index (χ1n) is 5.88. The summed E-state index contributed by atoms with van der Waals surface area (Å²) in [5.41, 5.74) is 4.57. The Morgan fingerprint density at radius 2 is 1.89 bits per heavy atom. The van der Waals surface area contributed by atoms with Crippen molar-refractivity contribution in [2.75, 3.05) is 5.32 Å². The topological polar surface area (TPSA) is 42.0 Å². The van der Waals surface area contributed by atoms with E-state index in [0.717, 1.165) is 22.5 Å². The van der Waals surface area contributed by atoms with Gasteiger partial charge in [0.2, 0.25) is 0 Å². The first-order chi connectivity index (χ1) is 8.58. The average molecular weight is 240 g/mol. The van der Waals surface area contributed by atoms with Crippen molar-refractivity contribution in [2.24, 2.45) is 0 Å². The largest absolute Gasteiger partial charge is 0.322 e. The van der Waals surface area contributed by atoms with Crippen molar-refractivity contribution in [1.29, 1.82) is 0 Å². The van der Waals surface area contributed by atoms with Gasteiger partial charge in [0.1, 0.15) is 0 Å². The second kappa shape index (κ2) is 5.00. The Morgan fingerprint density at radius 3 is 2.56 bits per heavy atom. The summed E-state index contributed by atoms with van der Waals surface area (Å²) in [5, 5.41) is 2.91. The number of hydrogen-bond donors (Lipinski definition) is 1. The molecule has 0 aliphatic rings. The lowest BCUT2D eigenvalue weighted by Crippen LogP contribution is -2.13. The number of hydrogen-bond acceptors (Lipinski definition) is 2. The lowest BCUT2D eigenvalue weighted by molar-refractivity contribution is 0.102. The summed E-state index contributed by atoms with van der Waals surface area (Å²) in [6.07, 6.45) is 1.59. The van der Waals surface area contributed by atoms with Gasteiger partial charge in [0.25, 0.3) is 5.91 Å². The van der Waals surface area contributed by atoms with E-state index in [-0.39, 0.29) is 5.91 Å². The Hall–Kier alpha value is -2.16. The van der Waals surface area contributed by atoms with Crippen molar-refractivity contribution in [1.82, 2.24) is 4.98 Å². The van der Waals surface area contributed by atoms with E-state index < -0.39 is 0 Å². The molecule has 0 spiro atoms. The van der Waals surface area contributed by atoms with Gasteiger partial charge in [-0.15, -0.1) is 0 Å². The first kappa shape index (κ1) is 12.3. The normalized spacial score (nSPS) is 10.2. The minimum atomic E-state index is -0.129. The van der Waals surface area contributed by atoms with Crippen LogP contribution in [0.25, 0.3) is 0 Å². The Labute approximate surface area is 107 Å². The van der Waals surface area contributed by atoms with E-state index in [1.54, 1.807) is 12.3 Å². The van der Waals surface area contributed by atoms with Gasteiger partial charge >= 0.3 is 0 Å². The maximum absolute atomic E-state index is 12.0. The Balaban J connectivity index is 2.21. The van der Waals surface area contributed by atoms with Crippen LogP contribution in [0.5, 0.6) is 0 Å². The van der Waals surface area contributed by atoms with Gasteiger partial charge in [0.05, 0.1) is 5.56 Å². The number of carbonyl (C=O) groups excluding carboxylic acids is 1. The summed E-state index contributed by atoms with van der Waals surface area (Å²) >= 11 is 0. The molecule has 0 aliphatic carbocycles. The summed E-state index contributed by atoms with van der Waals surface area (Å²) in [6.45, 7) is 5.92. The molecule has 0 radical (unpaired) electrons. The van der Waals surface area contributed by atoms with Crippen LogP contribution in [-0.4, -0.2) is 10.9 Å². The number of nitrogens with one attached hydrogen (secondary N) is 1. The van der Waals surface area contributed by atoms with Crippen LogP contribution in [0.4, 0.5) is 5.69 Å². The van der Waals surface area contributed by atoms with Crippen LogP contribution in [-0.2, 0) is 0 Å². The molecule has 0 saturated heterocycles. The number of anilines is 1. The van der Waals surface area contributed by atoms with Gasteiger partial charge < -0.3 is 5.32 Å². The highest BCUT2D eigenvalue weighted by Crippen LogP contribution is 2.18. The highest BCUT2D eigenvalue weighted by atomic mass is 16.1. The van der Waals surface area contributed by atoms with E-state index in [0.29, 0.717) is 5.56 Å². The van der Waals surface area contributed by atoms with E-state index in [4.69, 9.17) is 0 Å². The van der Waals surface area contributed by atoms with E-state index in [2.05, 4.69) is 10.3 Å². The third-order valence-electron chi connectivity index (χ3n) is 3.03. The molecule has 3 heteroatoms. The average Bonchev–Trinajstić information content (AvgIpc) is 2.36. The van der Waals surface area contributed by atoms with Gasteiger partial charge in [0, 0.05) is 17.6 Å². The summed E-state index contributed by atoms with van der Waals surface area (Å²) < 4.78 is 0. The van der Waals surface area contributed by atoms with Crippen molar-refractivity contribution >= 4 is 11.6 Å². The molecule has 0 saturated carbocycles. The zero-order chi connectivity index (χ0) is 13.1. The zero-order valence-electron chi connectivity index (χ0n) is 10.8. The molecule has 1 heterocycles. The van der Waals surface area contributed by atoms with Crippen LogP contribution in [0.15, 0.2) is 36.5 Å². The van der Waals surface area contributed by atoms with E-state index in [1.165, 1.54) is 0 Å². The molecule has 1 aromatic heterocycles. The molecule has 0 bridgehead atoms. The zero-order valence-corrected chi connectivity index (χ0v) is 10.8. The fourth-order valence-corrected chi connectivity index (χ4v) is 1.68. The Kier molecular flexibility index (Phi) is 3.42. The summed E-state index contributed by atoms with van der Waals surface area (Å²) in [7, 11) is 0. The number of aromatic nitrogens is 1. The highest BCUT2D eigenvalue weighted by molar-refractivity contribution is 6.04. The monoisotopic (exact) mass is 240 g/mol. The minimum Gasteiger partial charge on any atom is -0.322 e. The second-order valence-corrected chi connectivity index (χ2v) is 4.39. The van der Waals surface area contributed by atoms with E-state index in [1.807, 2.05) is 45.0 Å². The number of benzene rings is 1. The molecule has 2 aromatic rings. The molecular weight excluding hydrogens is 224 g/mol. The molecule has 0 aliphatic heterocycles. The van der Waals surface area contributed by atoms with Crippen molar-refractivity contribution in [3.63, 3.8) is 0 Å². The predicted molar refractivity (Wildman–Crippen MR) is 72.8 cm³/mol. The maximum atomic E-state index is 12.0. The van der Waals surface area contributed by atoms with Crippen LogP contribution in [0.3, 0.4) is 0 Å². The van der Waals surface area contributed by atoms with Crippen molar-refractivity contribution < 1.29 is 4.79 Å².